The van der Waals surface area contributed by atoms with E-state index in [1.54, 1.807) is 0 Å². The van der Waals surface area contributed by atoms with Gasteiger partial charge in [-0.25, -0.2) is 4.68 Å². The molecule has 6 nitrogen and oxygen atoms in total. The minimum Gasteiger partial charge on any atom is -0.489 e. The van der Waals surface area contributed by atoms with Crippen LogP contribution in [-0.4, -0.2) is 33.3 Å². The maximum Gasteiger partial charge on any atom is 0.142 e. The molecule has 1 unspecified atom stereocenters. The number of rotatable bonds is 5. The summed E-state index contributed by atoms with van der Waals surface area (Å²) in [4.78, 5) is 0. The number of aromatic nitrogens is 3. The molecule has 2 N–H and O–H groups in total. The van der Waals surface area contributed by atoms with E-state index >= 15 is 0 Å². The van der Waals surface area contributed by atoms with E-state index in [0.29, 0.717) is 0 Å². The number of aryl methyl sites for hydroxylation is 2. The molecule has 0 radical (unpaired) electrons. The molecular weight excluding hydrogens is 408 g/mol. The van der Waals surface area contributed by atoms with Gasteiger partial charge in [0.1, 0.15) is 12.4 Å². The van der Waals surface area contributed by atoms with E-state index in [4.69, 9.17) is 9.84 Å². The molecule has 0 fully saturated rings. The topological polar surface area (TPSA) is 72.2 Å². The van der Waals surface area contributed by atoms with E-state index in [-0.39, 0.29) is 19.3 Å². The van der Waals surface area contributed by atoms with Gasteiger partial charge in [0.15, 0.2) is 0 Å². The van der Waals surface area contributed by atoms with Crippen molar-refractivity contribution in [3.8, 4) is 17.0 Å². The molecule has 0 saturated carbocycles. The Balaban J connectivity index is 1.73. The Bertz CT molecular complexity index is 957. The number of anilines is 1. The number of fused-ring (bicyclic) bond motifs is 3. The van der Waals surface area contributed by atoms with Crippen LogP contribution in [0.15, 0.2) is 46.9 Å². The minimum absolute atomic E-state index is 0.0130. The number of ether oxygens (including phenoxy) is 1. The SMILES string of the molecule is Cc1nnn2c1-c1ccc(Br)cc1C(Nc1ccccc1OCCO)CC2. The predicted molar refractivity (Wildman–Crippen MR) is 108 cm³/mol. The predicted octanol–water partition coefficient (Wildman–Crippen LogP) is 3.94. The van der Waals surface area contributed by atoms with Crippen LogP contribution in [-0.2, 0) is 6.54 Å². The molecule has 0 aliphatic carbocycles. The summed E-state index contributed by atoms with van der Waals surface area (Å²) in [7, 11) is 0. The summed E-state index contributed by atoms with van der Waals surface area (Å²) in [5.41, 5.74) is 5.27. The van der Waals surface area contributed by atoms with Gasteiger partial charge in [-0.15, -0.1) is 5.10 Å². The molecule has 27 heavy (non-hydrogen) atoms. The Labute approximate surface area is 166 Å². The van der Waals surface area contributed by atoms with Crippen LogP contribution in [0.25, 0.3) is 11.3 Å². The van der Waals surface area contributed by atoms with Crippen molar-refractivity contribution >= 4 is 21.6 Å². The zero-order valence-electron chi connectivity index (χ0n) is 15.0. The highest BCUT2D eigenvalue weighted by Crippen LogP contribution is 2.39. The Morgan fingerprint density at radius 1 is 1.30 bits per heavy atom. The molecule has 1 atom stereocenters. The molecule has 4 rings (SSSR count). The van der Waals surface area contributed by atoms with Crippen LogP contribution in [0.2, 0.25) is 0 Å². The minimum atomic E-state index is -0.0130. The van der Waals surface area contributed by atoms with Crippen molar-refractivity contribution in [1.29, 1.82) is 0 Å². The quantitative estimate of drug-likeness (QED) is 0.643. The molecule has 2 aromatic carbocycles. The van der Waals surface area contributed by atoms with Crippen LogP contribution in [0, 0.1) is 6.92 Å². The third-order valence-electron chi connectivity index (χ3n) is 4.74. The van der Waals surface area contributed by atoms with E-state index in [1.165, 1.54) is 5.56 Å². The first-order valence-corrected chi connectivity index (χ1v) is 9.76. The van der Waals surface area contributed by atoms with Crippen LogP contribution < -0.4 is 10.1 Å². The molecule has 1 aliphatic heterocycles. The van der Waals surface area contributed by atoms with Crippen molar-refractivity contribution in [3.63, 3.8) is 0 Å². The van der Waals surface area contributed by atoms with Gasteiger partial charge >= 0.3 is 0 Å². The lowest BCUT2D eigenvalue weighted by Gasteiger charge is -2.22. The van der Waals surface area contributed by atoms with Crippen molar-refractivity contribution in [3.05, 3.63) is 58.2 Å². The monoisotopic (exact) mass is 428 g/mol. The van der Waals surface area contributed by atoms with Crippen molar-refractivity contribution in [2.45, 2.75) is 25.9 Å². The van der Waals surface area contributed by atoms with Crippen LogP contribution >= 0.6 is 15.9 Å². The second-order valence-corrected chi connectivity index (χ2v) is 7.45. The Morgan fingerprint density at radius 3 is 3.00 bits per heavy atom. The number of benzene rings is 2. The summed E-state index contributed by atoms with van der Waals surface area (Å²) in [6.07, 6.45) is 0.869. The fourth-order valence-electron chi connectivity index (χ4n) is 3.54. The number of para-hydroxylation sites is 2. The van der Waals surface area contributed by atoms with Gasteiger partial charge in [-0.2, -0.15) is 0 Å². The van der Waals surface area contributed by atoms with Gasteiger partial charge in [-0.05, 0) is 43.2 Å². The van der Waals surface area contributed by atoms with Crippen LogP contribution in [0.5, 0.6) is 5.75 Å². The first-order valence-electron chi connectivity index (χ1n) is 8.96. The van der Waals surface area contributed by atoms with Crippen molar-refractivity contribution < 1.29 is 9.84 Å². The number of halogens is 1. The highest BCUT2D eigenvalue weighted by Gasteiger charge is 2.25. The average Bonchev–Trinajstić information content (AvgIpc) is 2.97. The molecule has 0 saturated heterocycles. The highest BCUT2D eigenvalue weighted by atomic mass is 79.9. The summed E-state index contributed by atoms with van der Waals surface area (Å²) in [5, 5.41) is 21.3. The summed E-state index contributed by atoms with van der Waals surface area (Å²) in [5.74, 6) is 0.739. The summed E-state index contributed by atoms with van der Waals surface area (Å²) >= 11 is 3.61. The van der Waals surface area contributed by atoms with Crippen molar-refractivity contribution in [2.24, 2.45) is 0 Å². The second-order valence-electron chi connectivity index (χ2n) is 6.53. The summed E-state index contributed by atoms with van der Waals surface area (Å²) in [6.45, 7) is 3.03. The number of hydrogen-bond donors (Lipinski definition) is 2. The summed E-state index contributed by atoms with van der Waals surface area (Å²) < 4.78 is 8.71. The lowest BCUT2D eigenvalue weighted by molar-refractivity contribution is 0.202. The molecule has 7 heteroatoms. The second kappa shape index (κ2) is 7.70. The van der Waals surface area contributed by atoms with Gasteiger partial charge in [0.2, 0.25) is 0 Å². The molecule has 1 aromatic heterocycles. The first-order chi connectivity index (χ1) is 13.2. The van der Waals surface area contributed by atoms with E-state index in [9.17, 15) is 0 Å². The van der Waals surface area contributed by atoms with Gasteiger partial charge in [0.05, 0.1) is 29.7 Å². The first kappa shape index (κ1) is 18.0. The number of nitrogens with zero attached hydrogens (tertiary/aromatic N) is 3. The lowest BCUT2D eigenvalue weighted by Crippen LogP contribution is -2.14. The zero-order chi connectivity index (χ0) is 18.8. The fourth-order valence-corrected chi connectivity index (χ4v) is 3.92. The van der Waals surface area contributed by atoms with Gasteiger partial charge in [0.25, 0.3) is 0 Å². The fraction of sp³-hybridized carbons (Fsp3) is 0.300. The smallest absolute Gasteiger partial charge is 0.142 e. The molecule has 0 spiro atoms. The lowest BCUT2D eigenvalue weighted by atomic mass is 9.96. The number of nitrogens with one attached hydrogen (secondary N) is 1. The standard InChI is InChI=1S/C20H21BrN4O2/c1-13-20-15-7-6-14(21)12-16(15)17(8-9-25(20)24-23-13)22-18-4-2-3-5-19(18)27-11-10-26/h2-7,12,17,22,26H,8-11H2,1H3. The Hall–Kier alpha value is -2.38. The van der Waals surface area contributed by atoms with E-state index in [1.807, 2.05) is 35.9 Å². The van der Waals surface area contributed by atoms with Crippen molar-refractivity contribution in [1.82, 2.24) is 15.0 Å². The molecule has 3 aromatic rings. The number of hydrogen-bond acceptors (Lipinski definition) is 5. The molecule has 1 aliphatic rings. The van der Waals surface area contributed by atoms with Gasteiger partial charge in [0, 0.05) is 16.6 Å². The number of aliphatic hydroxyl groups excluding tert-OH is 1. The third-order valence-corrected chi connectivity index (χ3v) is 5.24. The molecule has 140 valence electrons. The van der Waals surface area contributed by atoms with Crippen LogP contribution in [0.3, 0.4) is 0 Å². The summed E-state index contributed by atoms with van der Waals surface area (Å²) in [6, 6.07) is 14.2. The largest absolute Gasteiger partial charge is 0.489 e. The van der Waals surface area contributed by atoms with Crippen LogP contribution in [0.1, 0.15) is 23.7 Å². The van der Waals surface area contributed by atoms with Crippen molar-refractivity contribution in [2.75, 3.05) is 18.5 Å². The van der Waals surface area contributed by atoms with E-state index in [0.717, 1.165) is 45.8 Å². The molecule has 0 bridgehead atoms. The normalized spacial score (nSPS) is 15.6. The average molecular weight is 429 g/mol. The number of aliphatic hydroxyl groups is 1. The van der Waals surface area contributed by atoms with E-state index in [2.05, 4.69) is 49.8 Å². The van der Waals surface area contributed by atoms with Gasteiger partial charge in [-0.1, -0.05) is 39.3 Å². The Kier molecular flexibility index (Phi) is 5.13. The van der Waals surface area contributed by atoms with Gasteiger partial charge in [-0.3, -0.25) is 0 Å². The maximum atomic E-state index is 9.07. The molecule has 0 amide bonds. The highest BCUT2D eigenvalue weighted by molar-refractivity contribution is 9.10. The molecule has 2 heterocycles. The Morgan fingerprint density at radius 2 is 2.15 bits per heavy atom. The molecular formula is C20H21BrN4O2. The third kappa shape index (κ3) is 3.57. The van der Waals surface area contributed by atoms with Crippen LogP contribution in [0.4, 0.5) is 5.69 Å². The van der Waals surface area contributed by atoms with E-state index < -0.39 is 0 Å². The maximum absolute atomic E-state index is 9.07. The zero-order valence-corrected chi connectivity index (χ0v) is 16.6. The van der Waals surface area contributed by atoms with Gasteiger partial charge < -0.3 is 15.2 Å².